The third-order valence-corrected chi connectivity index (χ3v) is 5.94. The van der Waals surface area contributed by atoms with Crippen LogP contribution in [0.5, 0.6) is 0 Å². The molecule has 0 amide bonds. The Labute approximate surface area is 142 Å². The minimum absolute atomic E-state index is 0.0667. The molecule has 4 N–H and O–H groups in total. The van der Waals surface area contributed by atoms with E-state index in [2.05, 4.69) is 14.7 Å². The lowest BCUT2D eigenvalue weighted by molar-refractivity contribution is -0.142. The maximum atomic E-state index is 12.5. The Bertz CT molecular complexity index is 1030. The fourth-order valence-electron chi connectivity index (χ4n) is 3.06. The first-order valence-corrected chi connectivity index (χ1v) is 9.26. The molecular weight excluding hydrogens is 350 g/mol. The third-order valence-electron chi connectivity index (χ3n) is 4.42. The first kappa shape index (κ1) is 17.4. The van der Waals surface area contributed by atoms with Gasteiger partial charge in [0, 0.05) is 6.04 Å². The number of carboxylic acids is 1. The van der Waals surface area contributed by atoms with Crippen LogP contribution < -0.4 is 16.0 Å². The van der Waals surface area contributed by atoms with Gasteiger partial charge in [-0.1, -0.05) is 0 Å². The van der Waals surface area contributed by atoms with Crippen molar-refractivity contribution < 1.29 is 18.3 Å². The van der Waals surface area contributed by atoms with Gasteiger partial charge in [-0.15, -0.1) is 0 Å². The summed E-state index contributed by atoms with van der Waals surface area (Å²) in [7, 11) is -3.86. The highest BCUT2D eigenvalue weighted by molar-refractivity contribution is 7.89. The van der Waals surface area contributed by atoms with Gasteiger partial charge in [-0.25, -0.2) is 17.9 Å². The van der Waals surface area contributed by atoms with Gasteiger partial charge in [0.1, 0.15) is 0 Å². The molecule has 25 heavy (non-hydrogen) atoms. The van der Waals surface area contributed by atoms with Crippen molar-refractivity contribution in [2.24, 2.45) is 5.92 Å². The fourth-order valence-corrected chi connectivity index (χ4v) is 4.39. The molecule has 1 heterocycles. The van der Waals surface area contributed by atoms with Crippen molar-refractivity contribution in [1.29, 1.82) is 0 Å². The number of H-pyrrole nitrogens is 2. The smallest absolute Gasteiger partial charge is 0.326 e. The molecule has 1 aromatic heterocycles. The number of fused-ring (bicyclic) bond motifs is 1. The number of sulfonamides is 1. The highest BCUT2D eigenvalue weighted by Crippen LogP contribution is 2.26. The monoisotopic (exact) mass is 367 g/mol. The molecule has 3 rings (SSSR count). The van der Waals surface area contributed by atoms with Crippen LogP contribution in [0.15, 0.2) is 32.7 Å². The first-order chi connectivity index (χ1) is 11.8. The second kappa shape index (κ2) is 6.45. The highest BCUT2D eigenvalue weighted by atomic mass is 32.2. The van der Waals surface area contributed by atoms with E-state index in [1.54, 1.807) is 0 Å². The Morgan fingerprint density at radius 2 is 1.80 bits per heavy atom. The molecule has 0 atom stereocenters. The van der Waals surface area contributed by atoms with E-state index in [0.29, 0.717) is 25.7 Å². The molecule has 0 unspecified atom stereocenters. The zero-order chi connectivity index (χ0) is 18.2. The van der Waals surface area contributed by atoms with Crippen molar-refractivity contribution >= 4 is 26.9 Å². The van der Waals surface area contributed by atoms with Crippen LogP contribution in [0.4, 0.5) is 0 Å². The number of nitrogens with one attached hydrogen (secondary N) is 3. The van der Waals surface area contributed by atoms with Crippen molar-refractivity contribution in [2.45, 2.75) is 36.6 Å². The second-order valence-electron chi connectivity index (χ2n) is 6.12. The van der Waals surface area contributed by atoms with Crippen LogP contribution >= 0.6 is 0 Å². The Kier molecular flexibility index (Phi) is 4.48. The van der Waals surface area contributed by atoms with Crippen molar-refractivity contribution in [3.63, 3.8) is 0 Å². The zero-order valence-corrected chi connectivity index (χ0v) is 13.9. The Hall–Kier alpha value is -2.46. The number of aliphatic carboxylic acids is 1. The largest absolute Gasteiger partial charge is 0.481 e. The minimum Gasteiger partial charge on any atom is -0.481 e. The summed E-state index contributed by atoms with van der Waals surface area (Å²) in [5.74, 6) is -1.29. The summed E-state index contributed by atoms with van der Waals surface area (Å²) in [6.45, 7) is 0. The molecule has 0 saturated heterocycles. The summed E-state index contributed by atoms with van der Waals surface area (Å²) in [6, 6.07) is 3.53. The number of benzene rings is 1. The number of carboxylic acid groups (broad SMARTS) is 1. The van der Waals surface area contributed by atoms with Crippen LogP contribution in [0.2, 0.25) is 0 Å². The standard InChI is InChI=1S/C15H17N3O6S/c19-13-11-7-10(5-6-12(11)16-15(22)17-13)25(23,24)18-9-3-1-8(2-4-9)14(20)21/h5-9,18H,1-4H2,(H,20,21)(H2,16,17,19,22). The van der Waals surface area contributed by atoms with Crippen LogP contribution in [-0.2, 0) is 14.8 Å². The van der Waals surface area contributed by atoms with Gasteiger partial charge in [-0.3, -0.25) is 14.6 Å². The van der Waals surface area contributed by atoms with Crippen LogP contribution in [0, 0.1) is 5.92 Å². The van der Waals surface area contributed by atoms with Gasteiger partial charge < -0.3 is 10.1 Å². The van der Waals surface area contributed by atoms with Crippen LogP contribution in [0.25, 0.3) is 10.9 Å². The molecule has 1 aromatic carbocycles. The molecule has 1 aliphatic carbocycles. The van der Waals surface area contributed by atoms with Gasteiger partial charge in [-0.05, 0) is 43.9 Å². The maximum Gasteiger partial charge on any atom is 0.326 e. The third kappa shape index (κ3) is 3.64. The summed E-state index contributed by atoms with van der Waals surface area (Å²) < 4.78 is 27.6. The van der Waals surface area contributed by atoms with E-state index in [-0.39, 0.29) is 21.8 Å². The van der Waals surface area contributed by atoms with E-state index in [1.807, 2.05) is 0 Å². The first-order valence-electron chi connectivity index (χ1n) is 7.78. The molecular formula is C15H17N3O6S. The SMILES string of the molecule is O=C(O)C1CCC(NS(=O)(=O)c2ccc3[nH]c(=O)[nH]c(=O)c3c2)CC1. The van der Waals surface area contributed by atoms with Gasteiger partial charge >= 0.3 is 11.7 Å². The zero-order valence-electron chi connectivity index (χ0n) is 13.1. The van der Waals surface area contributed by atoms with Crippen molar-refractivity contribution in [1.82, 2.24) is 14.7 Å². The van der Waals surface area contributed by atoms with Gasteiger partial charge in [0.15, 0.2) is 0 Å². The number of aromatic nitrogens is 2. The van der Waals surface area contributed by atoms with Crippen LogP contribution in [0.1, 0.15) is 25.7 Å². The molecule has 10 heteroatoms. The summed E-state index contributed by atoms with van der Waals surface area (Å²) >= 11 is 0. The normalized spacial score (nSPS) is 21.3. The number of carbonyl (C=O) groups is 1. The highest BCUT2D eigenvalue weighted by Gasteiger charge is 2.29. The maximum absolute atomic E-state index is 12.5. The van der Waals surface area contributed by atoms with E-state index in [1.165, 1.54) is 18.2 Å². The molecule has 2 aromatic rings. The molecule has 0 spiro atoms. The molecule has 0 radical (unpaired) electrons. The van der Waals surface area contributed by atoms with Gasteiger partial charge in [0.2, 0.25) is 10.0 Å². The molecule has 1 aliphatic rings. The van der Waals surface area contributed by atoms with Crippen molar-refractivity contribution in [3.8, 4) is 0 Å². The summed E-state index contributed by atoms with van der Waals surface area (Å²) in [5.41, 5.74) is -1.09. The average molecular weight is 367 g/mol. The molecule has 134 valence electrons. The molecule has 9 nitrogen and oxygen atoms in total. The quantitative estimate of drug-likeness (QED) is 0.604. The van der Waals surface area contributed by atoms with E-state index in [0.717, 1.165) is 0 Å². The minimum atomic E-state index is -3.86. The molecule has 1 saturated carbocycles. The number of rotatable bonds is 4. The van der Waals surface area contributed by atoms with Gasteiger partial charge in [0.05, 0.1) is 21.7 Å². The Morgan fingerprint density at radius 3 is 2.44 bits per heavy atom. The molecule has 0 bridgehead atoms. The van der Waals surface area contributed by atoms with E-state index in [4.69, 9.17) is 5.11 Å². The Balaban J connectivity index is 1.83. The lowest BCUT2D eigenvalue weighted by Crippen LogP contribution is -2.38. The lowest BCUT2D eigenvalue weighted by Gasteiger charge is -2.26. The fraction of sp³-hybridized carbons (Fsp3) is 0.400. The molecule has 0 aliphatic heterocycles. The van der Waals surface area contributed by atoms with Crippen LogP contribution in [0.3, 0.4) is 0 Å². The van der Waals surface area contributed by atoms with Crippen LogP contribution in [-0.4, -0.2) is 35.5 Å². The summed E-state index contributed by atoms with van der Waals surface area (Å²) in [6.07, 6.45) is 1.72. The predicted octanol–water partition coefficient (Wildman–Crippen LogP) is 0.138. The number of hydrogen-bond acceptors (Lipinski definition) is 5. The average Bonchev–Trinajstić information content (AvgIpc) is 2.54. The lowest BCUT2D eigenvalue weighted by atomic mass is 9.87. The van der Waals surface area contributed by atoms with E-state index >= 15 is 0 Å². The summed E-state index contributed by atoms with van der Waals surface area (Å²) in [4.78, 5) is 38.4. The van der Waals surface area contributed by atoms with Gasteiger partial charge in [0.25, 0.3) is 5.56 Å². The Morgan fingerprint density at radius 1 is 1.12 bits per heavy atom. The van der Waals surface area contributed by atoms with Crippen molar-refractivity contribution in [3.05, 3.63) is 39.0 Å². The summed E-state index contributed by atoms with van der Waals surface area (Å²) in [5, 5.41) is 9.05. The topological polar surface area (TPSA) is 149 Å². The van der Waals surface area contributed by atoms with E-state index < -0.39 is 33.2 Å². The van der Waals surface area contributed by atoms with Crippen molar-refractivity contribution in [2.75, 3.05) is 0 Å². The predicted molar refractivity (Wildman–Crippen MR) is 88.9 cm³/mol. The van der Waals surface area contributed by atoms with Gasteiger partial charge in [-0.2, -0.15) is 0 Å². The van der Waals surface area contributed by atoms with E-state index in [9.17, 15) is 22.8 Å². The number of hydrogen-bond donors (Lipinski definition) is 4. The molecule has 1 fully saturated rings. The second-order valence-corrected chi connectivity index (χ2v) is 7.84. The number of aromatic amines is 2.